The summed E-state index contributed by atoms with van der Waals surface area (Å²) in [6, 6.07) is 3.02. The molecule has 0 fully saturated rings. The van der Waals surface area contributed by atoms with Crippen LogP contribution in [0, 0.1) is 23.7 Å². The minimum atomic E-state index is -1.10. The molecule has 0 saturated carbocycles. The van der Waals surface area contributed by atoms with E-state index in [-0.39, 0.29) is 50.2 Å². The predicted molar refractivity (Wildman–Crippen MR) is 232 cm³/mol. The van der Waals surface area contributed by atoms with Gasteiger partial charge in [0.15, 0.2) is 0 Å². The van der Waals surface area contributed by atoms with E-state index in [9.17, 15) is 38.7 Å². The number of carbonyl (C=O) groups excluding carboxylic acids is 7. The van der Waals surface area contributed by atoms with Gasteiger partial charge in [0, 0.05) is 34.2 Å². The molecule has 0 saturated heterocycles. The largest absolute Gasteiger partial charge is 0.459 e. The molecule has 17 nitrogen and oxygen atoms in total. The van der Waals surface area contributed by atoms with Crippen LogP contribution in [-0.4, -0.2) is 152 Å². The second kappa shape index (κ2) is 26.7. The van der Waals surface area contributed by atoms with Crippen LogP contribution in [0.4, 0.5) is 0 Å². The van der Waals surface area contributed by atoms with Crippen molar-refractivity contribution in [3.8, 4) is 0 Å². The third-order valence-electron chi connectivity index (χ3n) is 10.6. The van der Waals surface area contributed by atoms with Crippen LogP contribution in [0.2, 0.25) is 0 Å². The molecule has 0 heterocycles. The highest BCUT2D eigenvalue weighted by atomic mass is 16.5. The minimum Gasteiger partial charge on any atom is -0.459 e. The topological polar surface area (TPSA) is 216 Å². The fourth-order valence-electron chi connectivity index (χ4n) is 6.71. The van der Waals surface area contributed by atoms with E-state index in [1.54, 1.807) is 27.7 Å². The number of benzene rings is 1. The normalized spacial score (nSPS) is 15.4. The van der Waals surface area contributed by atoms with Crippen LogP contribution in [0.1, 0.15) is 87.1 Å². The Morgan fingerprint density at radius 3 is 1.75 bits per heavy atom. The molecule has 0 aromatic heterocycles. The SMILES string of the molecule is CC[C@H](NC(=O)[C@@H](NC)[C@H](O)[C@H](C)COC)C(=O)N(C)CC(=O)N(C)[C@@H](CC(C)C)C(=O)N[C@H](C(=O)N(C)[C@@H](CC(C)C)C(=O)N[C@@H](C)C(=O)OCc1ccccc1)C(C)C. The molecular formula is C44H75N7O10. The van der Waals surface area contributed by atoms with E-state index in [0.29, 0.717) is 0 Å². The minimum absolute atomic E-state index is 0.0181. The van der Waals surface area contributed by atoms with Gasteiger partial charge in [0.25, 0.3) is 0 Å². The quantitative estimate of drug-likeness (QED) is 0.0846. The van der Waals surface area contributed by atoms with E-state index in [2.05, 4.69) is 21.3 Å². The first kappa shape index (κ1) is 54.4. The highest BCUT2D eigenvalue weighted by Gasteiger charge is 2.38. The molecule has 0 bridgehead atoms. The monoisotopic (exact) mass is 862 g/mol. The number of methoxy groups -OCH3 is 1. The first-order valence-corrected chi connectivity index (χ1v) is 21.3. The zero-order valence-corrected chi connectivity index (χ0v) is 38.9. The number of carbonyl (C=O) groups is 7. The van der Waals surface area contributed by atoms with Crippen LogP contribution in [0.3, 0.4) is 0 Å². The van der Waals surface area contributed by atoms with E-state index in [0.717, 1.165) is 5.56 Å². The molecule has 346 valence electrons. The lowest BCUT2D eigenvalue weighted by Crippen LogP contribution is -2.60. The molecular weight excluding hydrogens is 787 g/mol. The van der Waals surface area contributed by atoms with Crippen molar-refractivity contribution in [3.05, 3.63) is 35.9 Å². The molecule has 0 aliphatic carbocycles. The van der Waals surface area contributed by atoms with Crippen LogP contribution >= 0.6 is 0 Å². The Balaban J connectivity index is 3.16. The number of amides is 6. The Bertz CT molecular complexity index is 1580. The molecule has 61 heavy (non-hydrogen) atoms. The molecule has 6 amide bonds. The van der Waals surface area contributed by atoms with Gasteiger partial charge in [-0.15, -0.1) is 0 Å². The standard InChI is InChI=1S/C44H75N7O10/c1-15-32(47-41(56)37(45-10)38(53)29(8)24-60-14)42(57)49(11)23-35(52)50(12)33(21-26(2)3)40(55)48-36(28(6)7)43(58)51(13)34(22-27(4)5)39(54)46-30(9)44(59)61-25-31-19-17-16-18-20-31/h16-20,26-30,32-34,36-38,45,53H,15,21-25H2,1-14H3,(H,46,54)(H,47,56)(H,48,55)/t29-,30+,32+,33+,34+,36+,37+,38-/m1/s1. The number of aliphatic hydroxyl groups is 1. The summed E-state index contributed by atoms with van der Waals surface area (Å²) in [5.41, 5.74) is 0.793. The van der Waals surface area contributed by atoms with Crippen molar-refractivity contribution in [1.29, 1.82) is 0 Å². The number of hydrogen-bond acceptors (Lipinski definition) is 11. The molecule has 0 unspecified atom stereocenters. The summed E-state index contributed by atoms with van der Waals surface area (Å²) in [6.45, 7) is 15.9. The van der Waals surface area contributed by atoms with Crippen LogP contribution in [-0.2, 0) is 49.6 Å². The Hall–Kier alpha value is -4.61. The zero-order chi connectivity index (χ0) is 46.7. The highest BCUT2D eigenvalue weighted by molar-refractivity contribution is 5.96. The van der Waals surface area contributed by atoms with Crippen LogP contribution in [0.15, 0.2) is 30.3 Å². The maximum atomic E-state index is 14.2. The number of esters is 1. The summed E-state index contributed by atoms with van der Waals surface area (Å²) >= 11 is 0. The number of nitrogens with zero attached hydrogens (tertiary/aromatic N) is 3. The van der Waals surface area contributed by atoms with Gasteiger partial charge < -0.3 is 50.5 Å². The summed E-state index contributed by atoms with van der Waals surface area (Å²) in [7, 11) is 7.38. The van der Waals surface area contributed by atoms with Gasteiger partial charge in [-0.25, -0.2) is 4.79 Å². The Morgan fingerprint density at radius 2 is 1.26 bits per heavy atom. The molecule has 1 aromatic carbocycles. The molecule has 1 aromatic rings. The lowest BCUT2D eigenvalue weighted by atomic mass is 9.97. The lowest BCUT2D eigenvalue weighted by Gasteiger charge is -2.35. The van der Waals surface area contributed by atoms with Gasteiger partial charge in [0.1, 0.15) is 42.9 Å². The van der Waals surface area contributed by atoms with Crippen molar-refractivity contribution in [2.75, 3.05) is 48.5 Å². The third kappa shape index (κ3) is 17.4. The van der Waals surface area contributed by atoms with E-state index in [1.807, 2.05) is 58.0 Å². The van der Waals surface area contributed by atoms with Crippen LogP contribution in [0.5, 0.6) is 0 Å². The summed E-state index contributed by atoms with van der Waals surface area (Å²) in [5, 5.41) is 21.7. The average molecular weight is 862 g/mol. The fraction of sp³-hybridized carbons (Fsp3) is 0.705. The van der Waals surface area contributed by atoms with Crippen molar-refractivity contribution >= 4 is 41.4 Å². The lowest BCUT2D eigenvalue weighted by molar-refractivity contribution is -0.150. The molecule has 0 aliphatic rings. The third-order valence-corrected chi connectivity index (χ3v) is 10.6. The number of aliphatic hydroxyl groups excluding tert-OH is 1. The molecule has 0 radical (unpaired) electrons. The highest BCUT2D eigenvalue weighted by Crippen LogP contribution is 2.18. The maximum absolute atomic E-state index is 14.2. The van der Waals surface area contributed by atoms with Crippen molar-refractivity contribution in [2.45, 2.75) is 131 Å². The molecule has 0 spiro atoms. The summed E-state index contributed by atoms with van der Waals surface area (Å²) in [6.07, 6.45) is -0.388. The fourth-order valence-corrected chi connectivity index (χ4v) is 6.71. The first-order valence-electron chi connectivity index (χ1n) is 21.3. The van der Waals surface area contributed by atoms with E-state index >= 15 is 0 Å². The number of nitrogens with one attached hydrogen (secondary N) is 4. The smallest absolute Gasteiger partial charge is 0.328 e. The number of rotatable bonds is 26. The summed E-state index contributed by atoms with van der Waals surface area (Å²) in [5.74, 6) is -4.85. The van der Waals surface area contributed by atoms with Gasteiger partial charge in [0.2, 0.25) is 35.4 Å². The zero-order valence-electron chi connectivity index (χ0n) is 38.9. The number of likely N-dealkylation sites (N-methyl/N-ethyl adjacent to an activating group) is 4. The van der Waals surface area contributed by atoms with Gasteiger partial charge in [-0.2, -0.15) is 0 Å². The van der Waals surface area contributed by atoms with Crippen LogP contribution < -0.4 is 21.3 Å². The van der Waals surface area contributed by atoms with Crippen molar-refractivity contribution in [2.24, 2.45) is 23.7 Å². The second-order valence-corrected chi connectivity index (χ2v) is 17.2. The second-order valence-electron chi connectivity index (χ2n) is 17.2. The number of hydrogen-bond donors (Lipinski definition) is 5. The molecule has 5 N–H and O–H groups in total. The summed E-state index contributed by atoms with van der Waals surface area (Å²) < 4.78 is 10.5. The maximum Gasteiger partial charge on any atom is 0.328 e. The first-order chi connectivity index (χ1) is 28.5. The Labute approximate surface area is 363 Å². The van der Waals surface area contributed by atoms with E-state index in [4.69, 9.17) is 9.47 Å². The van der Waals surface area contributed by atoms with Gasteiger partial charge >= 0.3 is 5.97 Å². The molecule has 17 heteroatoms. The number of ether oxygens (including phenoxy) is 2. The van der Waals surface area contributed by atoms with Crippen LogP contribution in [0.25, 0.3) is 0 Å². The molecule has 0 aliphatic heterocycles. The molecule has 1 rings (SSSR count). The van der Waals surface area contributed by atoms with Crippen molar-refractivity contribution < 1.29 is 48.1 Å². The van der Waals surface area contributed by atoms with Crippen molar-refractivity contribution in [1.82, 2.24) is 36.0 Å². The van der Waals surface area contributed by atoms with E-state index < -0.39 is 96.2 Å². The average Bonchev–Trinajstić information content (AvgIpc) is 3.21. The predicted octanol–water partition coefficient (Wildman–Crippen LogP) is 1.71. The van der Waals surface area contributed by atoms with Gasteiger partial charge in [-0.3, -0.25) is 28.8 Å². The Morgan fingerprint density at radius 1 is 0.721 bits per heavy atom. The van der Waals surface area contributed by atoms with E-state index in [1.165, 1.54) is 56.9 Å². The Kier molecular flexibility index (Phi) is 23.8. The van der Waals surface area contributed by atoms with Crippen molar-refractivity contribution in [3.63, 3.8) is 0 Å². The van der Waals surface area contributed by atoms with Gasteiger partial charge in [-0.05, 0) is 56.6 Å². The van der Waals surface area contributed by atoms with Gasteiger partial charge in [0.05, 0.1) is 19.3 Å². The summed E-state index contributed by atoms with van der Waals surface area (Å²) in [4.78, 5) is 98.9. The molecule has 8 atom stereocenters. The van der Waals surface area contributed by atoms with Gasteiger partial charge in [-0.1, -0.05) is 85.7 Å².